The molecule has 0 spiro atoms. The molecule has 0 saturated heterocycles. The largest absolute Gasteiger partial charge is 0.497 e. The van der Waals surface area contributed by atoms with E-state index >= 15 is 0 Å². The van der Waals surface area contributed by atoms with Gasteiger partial charge in [-0.25, -0.2) is 0 Å². The Balaban J connectivity index is 1.44. The van der Waals surface area contributed by atoms with Crippen LogP contribution in [0.5, 0.6) is 5.75 Å². The van der Waals surface area contributed by atoms with Crippen molar-refractivity contribution < 1.29 is 9.53 Å². The van der Waals surface area contributed by atoms with Gasteiger partial charge in [0.15, 0.2) is 5.82 Å². The fraction of sp³-hybridized carbons (Fsp3) is 0.444. The van der Waals surface area contributed by atoms with Gasteiger partial charge in [0.2, 0.25) is 10.9 Å². The molecule has 1 unspecified atom stereocenters. The number of hydrogen-bond acceptors (Lipinski definition) is 6. The number of aryl methyl sites for hydroxylation is 2. The Morgan fingerprint density at radius 2 is 2.23 bits per heavy atom. The number of amides is 1. The molecule has 0 saturated carbocycles. The lowest BCUT2D eigenvalue weighted by Gasteiger charge is -2.35. The predicted octanol–water partition coefficient (Wildman–Crippen LogP) is 2.58. The van der Waals surface area contributed by atoms with Gasteiger partial charge in [0.1, 0.15) is 10.8 Å². The second-order valence-corrected chi connectivity index (χ2v) is 7.56. The summed E-state index contributed by atoms with van der Waals surface area (Å²) in [6.07, 6.45) is 1.95. The molecule has 8 heteroatoms. The SMILES string of the molecule is COc1ccc2c(c1)CCN(C(=O)CCc1nn3c(C)nnc3s1)C2C. The maximum atomic E-state index is 12.8. The number of hydrogen-bond donors (Lipinski definition) is 0. The van der Waals surface area contributed by atoms with Crippen molar-refractivity contribution in [3.8, 4) is 5.75 Å². The number of benzene rings is 1. The molecule has 26 heavy (non-hydrogen) atoms. The van der Waals surface area contributed by atoms with Gasteiger partial charge in [-0.05, 0) is 43.5 Å². The van der Waals surface area contributed by atoms with Crippen LogP contribution in [0.25, 0.3) is 4.96 Å². The first kappa shape index (κ1) is 17.0. The number of rotatable bonds is 4. The zero-order valence-electron chi connectivity index (χ0n) is 15.1. The Bertz CT molecular complexity index is 964. The van der Waals surface area contributed by atoms with Crippen LogP contribution in [0.1, 0.15) is 41.3 Å². The highest BCUT2D eigenvalue weighted by atomic mass is 32.1. The maximum Gasteiger partial charge on any atom is 0.234 e. The summed E-state index contributed by atoms with van der Waals surface area (Å²) in [4.78, 5) is 15.5. The van der Waals surface area contributed by atoms with E-state index in [1.165, 1.54) is 22.5 Å². The standard InChI is InChI=1S/C18H21N5O2S/c1-11-15-5-4-14(25-3)10-13(15)8-9-22(11)17(24)7-6-16-21-23-12(2)19-20-18(23)26-16/h4-5,10-11H,6-9H2,1-3H3. The van der Waals surface area contributed by atoms with E-state index in [4.69, 9.17) is 4.74 Å². The second-order valence-electron chi connectivity index (χ2n) is 6.52. The van der Waals surface area contributed by atoms with Crippen molar-refractivity contribution in [1.82, 2.24) is 24.7 Å². The summed E-state index contributed by atoms with van der Waals surface area (Å²) < 4.78 is 7.04. The van der Waals surface area contributed by atoms with Crippen LogP contribution in [-0.4, -0.2) is 44.3 Å². The Kier molecular flexibility index (Phi) is 4.36. The fourth-order valence-electron chi connectivity index (χ4n) is 3.49. The summed E-state index contributed by atoms with van der Waals surface area (Å²) in [6.45, 7) is 4.70. The summed E-state index contributed by atoms with van der Waals surface area (Å²) in [6, 6.07) is 6.20. The number of nitrogens with zero attached hydrogens (tertiary/aromatic N) is 5. The molecule has 1 aliphatic rings. The third kappa shape index (κ3) is 2.94. The molecule has 1 aromatic carbocycles. The lowest BCUT2D eigenvalue weighted by Crippen LogP contribution is -2.38. The van der Waals surface area contributed by atoms with E-state index in [-0.39, 0.29) is 11.9 Å². The normalized spacial score (nSPS) is 16.7. The van der Waals surface area contributed by atoms with Crippen LogP contribution in [0.3, 0.4) is 0 Å². The molecule has 1 amide bonds. The van der Waals surface area contributed by atoms with E-state index in [0.717, 1.165) is 34.5 Å². The monoisotopic (exact) mass is 371 g/mol. The first-order chi connectivity index (χ1) is 12.6. The Morgan fingerprint density at radius 1 is 1.38 bits per heavy atom. The molecule has 7 nitrogen and oxygen atoms in total. The number of carbonyl (C=O) groups is 1. The third-order valence-corrected chi connectivity index (χ3v) is 5.91. The maximum absolute atomic E-state index is 12.8. The molecule has 3 heterocycles. The van der Waals surface area contributed by atoms with E-state index in [1.54, 1.807) is 11.6 Å². The second kappa shape index (κ2) is 6.68. The minimum atomic E-state index is 0.0807. The van der Waals surface area contributed by atoms with Crippen LogP contribution in [-0.2, 0) is 17.6 Å². The van der Waals surface area contributed by atoms with Crippen LogP contribution in [0.2, 0.25) is 0 Å². The van der Waals surface area contributed by atoms with E-state index in [0.29, 0.717) is 12.8 Å². The molecule has 3 aromatic rings. The van der Waals surface area contributed by atoms with Gasteiger partial charge in [-0.1, -0.05) is 17.4 Å². The summed E-state index contributed by atoms with van der Waals surface area (Å²) in [5.41, 5.74) is 2.48. The Morgan fingerprint density at radius 3 is 3.00 bits per heavy atom. The fourth-order valence-corrected chi connectivity index (χ4v) is 4.37. The van der Waals surface area contributed by atoms with Crippen molar-refractivity contribution in [1.29, 1.82) is 0 Å². The summed E-state index contributed by atoms with van der Waals surface area (Å²) >= 11 is 1.49. The van der Waals surface area contributed by atoms with Crippen molar-refractivity contribution in [2.75, 3.05) is 13.7 Å². The van der Waals surface area contributed by atoms with Crippen molar-refractivity contribution in [3.63, 3.8) is 0 Å². The first-order valence-electron chi connectivity index (χ1n) is 8.71. The van der Waals surface area contributed by atoms with Crippen molar-refractivity contribution >= 4 is 22.2 Å². The van der Waals surface area contributed by atoms with Crippen LogP contribution >= 0.6 is 11.3 Å². The smallest absolute Gasteiger partial charge is 0.234 e. The number of ether oxygens (including phenoxy) is 1. The number of methoxy groups -OCH3 is 1. The summed E-state index contributed by atoms with van der Waals surface area (Å²) in [7, 11) is 1.68. The zero-order valence-corrected chi connectivity index (χ0v) is 15.9. The van der Waals surface area contributed by atoms with Crippen LogP contribution < -0.4 is 4.74 Å². The Labute approximate surface area is 155 Å². The van der Waals surface area contributed by atoms with Gasteiger partial charge >= 0.3 is 0 Å². The van der Waals surface area contributed by atoms with Gasteiger partial charge < -0.3 is 9.64 Å². The quantitative estimate of drug-likeness (QED) is 0.705. The van der Waals surface area contributed by atoms with Crippen LogP contribution in [0, 0.1) is 6.92 Å². The van der Waals surface area contributed by atoms with Gasteiger partial charge in [0.25, 0.3) is 0 Å². The molecule has 0 radical (unpaired) electrons. The van der Waals surface area contributed by atoms with Crippen molar-refractivity contribution in [2.45, 2.75) is 39.2 Å². The van der Waals surface area contributed by atoms with Gasteiger partial charge in [-0.2, -0.15) is 9.61 Å². The highest BCUT2D eigenvalue weighted by Crippen LogP contribution is 2.32. The number of fused-ring (bicyclic) bond motifs is 2. The van der Waals surface area contributed by atoms with E-state index in [9.17, 15) is 4.79 Å². The average Bonchev–Trinajstić information content (AvgIpc) is 3.21. The molecular formula is C18H21N5O2S. The molecule has 1 atom stereocenters. The van der Waals surface area contributed by atoms with Gasteiger partial charge in [-0.15, -0.1) is 10.2 Å². The summed E-state index contributed by atoms with van der Waals surface area (Å²) in [5.74, 6) is 1.81. The highest BCUT2D eigenvalue weighted by molar-refractivity contribution is 7.16. The third-order valence-electron chi connectivity index (χ3n) is 4.95. The summed E-state index contributed by atoms with van der Waals surface area (Å²) in [5, 5.41) is 13.5. The molecule has 0 fully saturated rings. The van der Waals surface area contributed by atoms with Crippen molar-refractivity contribution in [2.24, 2.45) is 0 Å². The Hall–Kier alpha value is -2.48. The topological polar surface area (TPSA) is 72.6 Å². The van der Waals surface area contributed by atoms with Gasteiger partial charge in [0.05, 0.1) is 13.2 Å². The molecule has 1 aliphatic heterocycles. The number of aromatic nitrogens is 4. The molecule has 136 valence electrons. The van der Waals surface area contributed by atoms with Crippen molar-refractivity contribution in [3.05, 3.63) is 40.2 Å². The first-order valence-corrected chi connectivity index (χ1v) is 9.52. The molecule has 4 rings (SSSR count). The van der Waals surface area contributed by atoms with E-state index < -0.39 is 0 Å². The lowest BCUT2D eigenvalue weighted by molar-refractivity contribution is -0.133. The minimum Gasteiger partial charge on any atom is -0.497 e. The highest BCUT2D eigenvalue weighted by Gasteiger charge is 2.27. The van der Waals surface area contributed by atoms with Crippen LogP contribution in [0.4, 0.5) is 0 Å². The zero-order chi connectivity index (χ0) is 18.3. The van der Waals surface area contributed by atoms with Gasteiger partial charge in [-0.3, -0.25) is 4.79 Å². The number of carbonyl (C=O) groups excluding carboxylic acids is 1. The van der Waals surface area contributed by atoms with E-state index in [1.807, 2.05) is 17.9 Å². The van der Waals surface area contributed by atoms with Gasteiger partial charge in [0, 0.05) is 19.4 Å². The predicted molar refractivity (Wildman–Crippen MR) is 98.5 cm³/mol. The minimum absolute atomic E-state index is 0.0807. The van der Waals surface area contributed by atoms with E-state index in [2.05, 4.69) is 34.4 Å². The average molecular weight is 371 g/mol. The molecule has 0 N–H and O–H groups in total. The molecule has 0 bridgehead atoms. The lowest BCUT2D eigenvalue weighted by atomic mass is 9.93. The molecule has 0 aliphatic carbocycles. The molecular weight excluding hydrogens is 350 g/mol. The molecule has 2 aromatic heterocycles. The van der Waals surface area contributed by atoms with Crippen LogP contribution in [0.15, 0.2) is 18.2 Å².